The first-order valence-corrected chi connectivity index (χ1v) is 15.1. The first kappa shape index (κ1) is 33.7. The van der Waals surface area contributed by atoms with E-state index in [1.54, 1.807) is 0 Å². The van der Waals surface area contributed by atoms with E-state index in [1.807, 2.05) is 0 Å². The highest BCUT2D eigenvalue weighted by Crippen LogP contribution is 2.43. The Morgan fingerprint density at radius 3 is 1.56 bits per heavy atom. The number of hydrogen-bond acceptors (Lipinski definition) is 0. The van der Waals surface area contributed by atoms with Gasteiger partial charge in [0.2, 0.25) is 0 Å². The van der Waals surface area contributed by atoms with Crippen LogP contribution >= 0.6 is 11.6 Å². The fourth-order valence-electron chi connectivity index (χ4n) is 6.54. The zero-order valence-electron chi connectivity index (χ0n) is 23.4. The molecule has 0 nitrogen and oxygen atoms in total. The molecule has 2 aromatic rings. The van der Waals surface area contributed by atoms with Crippen molar-refractivity contribution < 1.29 is 35.1 Å². The van der Waals surface area contributed by atoms with E-state index in [1.165, 1.54) is 77.0 Å². The molecule has 0 N–H and O–H groups in total. The predicted molar refractivity (Wildman–Crippen MR) is 147 cm³/mol. The normalized spacial score (nSPS) is 23.2. The second-order valence-corrected chi connectivity index (χ2v) is 12.1. The van der Waals surface area contributed by atoms with Gasteiger partial charge in [-0.15, -0.1) is 0 Å². The van der Waals surface area contributed by atoms with Crippen LogP contribution < -0.4 is 0 Å². The lowest BCUT2D eigenvalue weighted by molar-refractivity contribution is 0.0859. The summed E-state index contributed by atoms with van der Waals surface area (Å²) in [5.41, 5.74) is -3.39. The molecule has 0 heterocycles. The summed E-state index contributed by atoms with van der Waals surface area (Å²) in [6.07, 6.45) is 18.0. The van der Waals surface area contributed by atoms with Gasteiger partial charge in [0.15, 0.2) is 0 Å². The molecule has 0 saturated heterocycles. The zero-order valence-corrected chi connectivity index (χ0v) is 24.2. The van der Waals surface area contributed by atoms with Gasteiger partial charge in [-0.2, -0.15) is 8.78 Å². The molecule has 0 radical (unpaired) electrons. The first-order chi connectivity index (χ1) is 19.4. The van der Waals surface area contributed by atoms with Crippen molar-refractivity contribution in [3.63, 3.8) is 0 Å². The molecule has 230 valence electrons. The van der Waals surface area contributed by atoms with Gasteiger partial charge in [0.1, 0.15) is 34.6 Å². The van der Waals surface area contributed by atoms with Crippen LogP contribution in [0.3, 0.4) is 0 Å². The van der Waals surface area contributed by atoms with Gasteiger partial charge in [-0.05, 0) is 85.1 Å². The molecule has 4 rings (SSSR count). The second kappa shape index (κ2) is 15.6. The number of benzene rings is 2. The molecule has 0 spiro atoms. The van der Waals surface area contributed by atoms with Crippen LogP contribution in [0.25, 0.3) is 11.1 Å². The summed E-state index contributed by atoms with van der Waals surface area (Å²) in [5.74, 6) is -3.92. The Kier molecular flexibility index (Phi) is 12.8. The highest BCUT2D eigenvalue weighted by Gasteiger charge is 2.36. The van der Waals surface area contributed by atoms with Crippen molar-refractivity contribution in [2.45, 2.75) is 95.8 Å². The summed E-state index contributed by atoms with van der Waals surface area (Å²) in [7, 11) is 0. The minimum atomic E-state index is -4.33. The van der Waals surface area contributed by atoms with Crippen LogP contribution in [0, 0.1) is 52.8 Å². The molecule has 0 aromatic heterocycles. The minimum Gasteiger partial charge on any atom is -0.251 e. The fraction of sp³-hybridized carbons (Fsp3) is 0.625. The molecule has 2 aliphatic carbocycles. The number of unbranched alkanes of at least 4 members (excludes halogenated alkanes) is 2. The maximum Gasteiger partial charge on any atom is 0.353 e. The molecule has 2 aromatic carbocycles. The molecular weight excluding hydrogens is 572 g/mol. The topological polar surface area (TPSA) is 0 Å². The smallest absolute Gasteiger partial charge is 0.251 e. The summed E-state index contributed by atoms with van der Waals surface area (Å²) in [5, 5.41) is -4.33. The Morgan fingerprint density at radius 2 is 1.15 bits per heavy atom. The molecule has 9 heteroatoms. The van der Waals surface area contributed by atoms with E-state index >= 15 is 0 Å². The van der Waals surface area contributed by atoms with Crippen molar-refractivity contribution in [1.29, 1.82) is 0 Å². The highest BCUT2D eigenvalue weighted by molar-refractivity contribution is 6.21. The molecule has 41 heavy (non-hydrogen) atoms. The summed E-state index contributed by atoms with van der Waals surface area (Å²) >= 11 is 4.54. The molecule has 0 amide bonds. The Bertz CT molecular complexity index is 1050. The van der Waals surface area contributed by atoms with Gasteiger partial charge in [0.25, 0.3) is 0 Å². The Balaban J connectivity index is 0.000000226. The molecule has 2 aliphatic rings. The van der Waals surface area contributed by atoms with Crippen LogP contribution in [-0.2, 0) is 5.38 Å². The van der Waals surface area contributed by atoms with Gasteiger partial charge in [-0.1, -0.05) is 58.3 Å². The van der Waals surface area contributed by atoms with Gasteiger partial charge in [-0.3, -0.25) is 4.39 Å². The molecule has 2 saturated carbocycles. The second-order valence-electron chi connectivity index (χ2n) is 11.6. The third kappa shape index (κ3) is 9.59. The number of rotatable bonds is 9. The lowest BCUT2D eigenvalue weighted by Gasteiger charge is -2.37. The van der Waals surface area contributed by atoms with E-state index in [-0.39, 0.29) is 30.9 Å². The Morgan fingerprint density at radius 1 is 0.683 bits per heavy atom. The van der Waals surface area contributed by atoms with Crippen LogP contribution in [0.1, 0.15) is 96.0 Å². The summed E-state index contributed by atoms with van der Waals surface area (Å²) in [6, 6.07) is 1.15. The predicted octanol–water partition coefficient (Wildman–Crippen LogP) is 11.9. The van der Waals surface area contributed by atoms with E-state index in [2.05, 4.69) is 18.5 Å². The van der Waals surface area contributed by atoms with Crippen molar-refractivity contribution in [3.05, 3.63) is 58.9 Å². The van der Waals surface area contributed by atoms with Crippen molar-refractivity contribution in [2.75, 3.05) is 6.67 Å². The molecule has 0 atom stereocenters. The van der Waals surface area contributed by atoms with E-state index in [9.17, 15) is 35.1 Å². The van der Waals surface area contributed by atoms with E-state index in [4.69, 9.17) is 0 Å². The molecule has 2 fully saturated rings. The average molecular weight is 611 g/mol. The van der Waals surface area contributed by atoms with Crippen molar-refractivity contribution in [2.24, 2.45) is 23.7 Å². The Hall–Kier alpha value is -1.83. The highest BCUT2D eigenvalue weighted by atomic mass is 35.5. The average Bonchev–Trinajstić information content (AvgIpc) is 2.89. The maximum atomic E-state index is 13.5. The van der Waals surface area contributed by atoms with E-state index in [0.717, 1.165) is 24.2 Å². The zero-order chi connectivity index (χ0) is 30.2. The Labute approximate surface area is 242 Å². The van der Waals surface area contributed by atoms with E-state index < -0.39 is 51.2 Å². The quantitative estimate of drug-likeness (QED) is 0.150. The lowest BCUT2D eigenvalue weighted by Crippen LogP contribution is -2.26. The van der Waals surface area contributed by atoms with Gasteiger partial charge in [0, 0.05) is 12.1 Å². The van der Waals surface area contributed by atoms with Crippen molar-refractivity contribution >= 4 is 11.6 Å². The van der Waals surface area contributed by atoms with Crippen LogP contribution in [-0.4, -0.2) is 6.67 Å². The van der Waals surface area contributed by atoms with Crippen LogP contribution in [0.4, 0.5) is 35.1 Å². The van der Waals surface area contributed by atoms with Crippen molar-refractivity contribution in [3.8, 4) is 11.1 Å². The van der Waals surface area contributed by atoms with Gasteiger partial charge in [0.05, 0.1) is 12.2 Å². The third-order valence-electron chi connectivity index (χ3n) is 8.80. The van der Waals surface area contributed by atoms with Crippen LogP contribution in [0.5, 0.6) is 0 Å². The fourth-order valence-corrected chi connectivity index (χ4v) is 6.72. The summed E-state index contributed by atoms with van der Waals surface area (Å²) < 4.78 is 105. The first-order valence-electron chi connectivity index (χ1n) is 14.7. The SMILES string of the molecule is CCCCCC1CCC(C2CCC(CCF)CC2)CC1.Fc1cc(F)c(-c2cc(F)c(C(F)(F)Cl)c(F)c2)c(F)c1. The minimum absolute atomic E-state index is 0.0990. The largest absolute Gasteiger partial charge is 0.353 e. The monoisotopic (exact) mass is 610 g/mol. The summed E-state index contributed by atoms with van der Waals surface area (Å²) in [6.45, 7) is 2.20. The molecule has 0 unspecified atom stereocenters. The number of halogens is 9. The van der Waals surface area contributed by atoms with Gasteiger partial charge < -0.3 is 0 Å². The van der Waals surface area contributed by atoms with Crippen LogP contribution in [0.15, 0.2) is 24.3 Å². The molecule has 0 bridgehead atoms. The molecule has 0 aliphatic heterocycles. The number of hydrogen-bond donors (Lipinski definition) is 0. The number of alkyl halides is 4. The summed E-state index contributed by atoms with van der Waals surface area (Å²) in [4.78, 5) is 0. The standard InChI is InChI=1S/C19H35F.C13H4ClF7/c1-2-3-4-5-16-6-10-18(11-7-16)19-12-8-17(9-13-19)14-15-20;14-13(20,21)12-9(18)1-5(2-10(12)19)11-7(16)3-6(15)4-8(11)17/h16-19H,2-15H2,1H3;1-4H. The third-order valence-corrected chi connectivity index (χ3v) is 8.99. The van der Waals surface area contributed by atoms with Gasteiger partial charge in [-0.25, -0.2) is 22.0 Å². The molecular formula is C32H39ClF8. The van der Waals surface area contributed by atoms with Gasteiger partial charge >= 0.3 is 5.38 Å². The van der Waals surface area contributed by atoms with E-state index in [0.29, 0.717) is 5.92 Å². The lowest BCUT2D eigenvalue weighted by atomic mass is 9.68. The maximum absolute atomic E-state index is 13.5. The van der Waals surface area contributed by atoms with Crippen LogP contribution in [0.2, 0.25) is 0 Å². The van der Waals surface area contributed by atoms with Crippen molar-refractivity contribution in [1.82, 2.24) is 0 Å².